The molecule has 0 bridgehead atoms. The molecular formula is C20H14F3N3O2. The molecule has 1 N–H and O–H groups in total. The quantitative estimate of drug-likeness (QED) is 0.530. The Labute approximate surface area is 157 Å². The monoisotopic (exact) mass is 385 g/mol. The highest BCUT2D eigenvalue weighted by atomic mass is 19.4. The molecule has 0 atom stereocenters. The molecule has 0 saturated carbocycles. The van der Waals surface area contributed by atoms with Gasteiger partial charge in [0.05, 0.1) is 5.69 Å². The fourth-order valence-electron chi connectivity index (χ4n) is 3.45. The first-order valence-electron chi connectivity index (χ1n) is 8.69. The van der Waals surface area contributed by atoms with Crippen molar-refractivity contribution in [1.29, 1.82) is 0 Å². The van der Waals surface area contributed by atoms with Gasteiger partial charge in [0.1, 0.15) is 22.8 Å². The molecule has 0 radical (unpaired) electrons. The molecule has 0 aliphatic carbocycles. The number of aromatic nitrogens is 2. The highest BCUT2D eigenvalue weighted by molar-refractivity contribution is 5.83. The lowest BCUT2D eigenvalue weighted by atomic mass is 10.1. The van der Waals surface area contributed by atoms with Gasteiger partial charge in [-0.1, -0.05) is 18.2 Å². The Morgan fingerprint density at radius 1 is 1.07 bits per heavy atom. The molecule has 0 spiro atoms. The van der Waals surface area contributed by atoms with Gasteiger partial charge in [-0.15, -0.1) is 13.2 Å². The number of rotatable bonds is 3. The zero-order chi connectivity index (χ0) is 19.3. The zero-order valence-corrected chi connectivity index (χ0v) is 14.5. The molecule has 0 saturated heterocycles. The van der Waals surface area contributed by atoms with Crippen molar-refractivity contribution < 1.29 is 22.3 Å². The molecule has 2 aromatic carbocycles. The predicted octanol–water partition coefficient (Wildman–Crippen LogP) is 5.15. The lowest BCUT2D eigenvalue weighted by Crippen LogP contribution is -2.17. The Kier molecular flexibility index (Phi) is 3.61. The van der Waals surface area contributed by atoms with Gasteiger partial charge in [-0.2, -0.15) is 5.10 Å². The summed E-state index contributed by atoms with van der Waals surface area (Å²) in [4.78, 5) is 0. The molecular weight excluding hydrogens is 371 g/mol. The Morgan fingerprint density at radius 2 is 1.86 bits per heavy atom. The van der Waals surface area contributed by atoms with E-state index in [0.29, 0.717) is 11.4 Å². The van der Waals surface area contributed by atoms with E-state index in [1.165, 1.54) is 24.3 Å². The Balaban J connectivity index is 1.55. The van der Waals surface area contributed by atoms with Gasteiger partial charge in [-0.25, -0.2) is 4.68 Å². The maximum atomic E-state index is 12.4. The minimum Gasteiger partial charge on any atom is -0.454 e. The van der Waals surface area contributed by atoms with Crippen molar-refractivity contribution in [3.05, 3.63) is 60.2 Å². The second-order valence-corrected chi connectivity index (χ2v) is 6.45. The van der Waals surface area contributed by atoms with Gasteiger partial charge in [0.25, 0.3) is 0 Å². The Morgan fingerprint density at radius 3 is 2.61 bits per heavy atom. The van der Waals surface area contributed by atoms with Crippen molar-refractivity contribution in [2.45, 2.75) is 12.8 Å². The molecule has 5 nitrogen and oxygen atoms in total. The highest BCUT2D eigenvalue weighted by Crippen LogP contribution is 2.37. The number of halogens is 3. The van der Waals surface area contributed by atoms with Gasteiger partial charge >= 0.3 is 6.36 Å². The van der Waals surface area contributed by atoms with E-state index in [1.807, 2.05) is 30.3 Å². The molecule has 4 aromatic rings. The van der Waals surface area contributed by atoms with E-state index < -0.39 is 6.36 Å². The standard InChI is InChI=1S/C20H14F3N3O2/c21-20(22,23)28-14-7-5-13(6-8-14)26-19-15(9-10-24-19)18(25-26)17-11-12-3-1-2-4-16(12)27-17/h1-8,11,24H,9-10H2. The molecule has 1 aliphatic rings. The zero-order valence-electron chi connectivity index (χ0n) is 14.5. The van der Waals surface area contributed by atoms with Crippen LogP contribution >= 0.6 is 0 Å². The van der Waals surface area contributed by atoms with Crippen LogP contribution in [-0.4, -0.2) is 22.7 Å². The Hall–Kier alpha value is -3.42. The van der Waals surface area contributed by atoms with Crippen LogP contribution in [0.2, 0.25) is 0 Å². The summed E-state index contributed by atoms with van der Waals surface area (Å²) in [7, 11) is 0. The lowest BCUT2D eigenvalue weighted by Gasteiger charge is -2.10. The first-order chi connectivity index (χ1) is 13.5. The van der Waals surface area contributed by atoms with Crippen molar-refractivity contribution >= 4 is 16.8 Å². The summed E-state index contributed by atoms with van der Waals surface area (Å²) in [5, 5.41) is 8.95. The second kappa shape index (κ2) is 6.05. The van der Waals surface area contributed by atoms with Crippen LogP contribution in [0.4, 0.5) is 19.0 Å². The minimum absolute atomic E-state index is 0.273. The minimum atomic E-state index is -4.72. The Bertz CT molecular complexity index is 1130. The number of ether oxygens (including phenoxy) is 1. The van der Waals surface area contributed by atoms with Crippen LogP contribution in [0, 0.1) is 0 Å². The molecule has 0 unspecified atom stereocenters. The molecule has 28 heavy (non-hydrogen) atoms. The van der Waals surface area contributed by atoms with Crippen LogP contribution in [0.1, 0.15) is 5.56 Å². The smallest absolute Gasteiger partial charge is 0.454 e. The third-order valence-corrected chi connectivity index (χ3v) is 4.62. The number of para-hydroxylation sites is 1. The fraction of sp³-hybridized carbons (Fsp3) is 0.150. The number of furan rings is 1. The first-order valence-corrected chi connectivity index (χ1v) is 8.69. The van der Waals surface area contributed by atoms with Gasteiger partial charge in [-0.05, 0) is 42.8 Å². The third kappa shape index (κ3) is 2.87. The van der Waals surface area contributed by atoms with E-state index in [0.717, 1.165) is 41.0 Å². The van der Waals surface area contributed by atoms with Gasteiger partial charge in [-0.3, -0.25) is 0 Å². The normalized spacial score (nSPS) is 13.5. The lowest BCUT2D eigenvalue weighted by molar-refractivity contribution is -0.274. The first kappa shape index (κ1) is 16.7. The number of hydrogen-bond donors (Lipinski definition) is 1. The third-order valence-electron chi connectivity index (χ3n) is 4.62. The van der Waals surface area contributed by atoms with Crippen LogP contribution in [0.5, 0.6) is 5.75 Å². The van der Waals surface area contributed by atoms with E-state index in [1.54, 1.807) is 4.68 Å². The SMILES string of the molecule is FC(F)(F)Oc1ccc(-n2nc(-c3cc4ccccc4o3)c3c2NCC3)cc1. The number of hydrogen-bond acceptors (Lipinski definition) is 4. The van der Waals surface area contributed by atoms with E-state index in [2.05, 4.69) is 15.2 Å². The van der Waals surface area contributed by atoms with Crippen molar-refractivity contribution in [2.24, 2.45) is 0 Å². The maximum absolute atomic E-state index is 12.4. The van der Waals surface area contributed by atoms with Crippen LogP contribution in [0.3, 0.4) is 0 Å². The summed E-state index contributed by atoms with van der Waals surface area (Å²) in [6.45, 7) is 0.760. The summed E-state index contributed by atoms with van der Waals surface area (Å²) < 4.78 is 48.7. The number of nitrogens with zero attached hydrogens (tertiary/aromatic N) is 2. The number of fused-ring (bicyclic) bond motifs is 2. The largest absolute Gasteiger partial charge is 0.573 e. The topological polar surface area (TPSA) is 52.2 Å². The summed E-state index contributed by atoms with van der Waals surface area (Å²) in [5.74, 6) is 1.21. The summed E-state index contributed by atoms with van der Waals surface area (Å²) >= 11 is 0. The summed E-state index contributed by atoms with van der Waals surface area (Å²) in [6.07, 6.45) is -3.93. The summed E-state index contributed by atoms with van der Waals surface area (Å²) in [5.41, 5.74) is 3.16. The van der Waals surface area contributed by atoms with Gasteiger partial charge < -0.3 is 14.5 Å². The predicted molar refractivity (Wildman–Crippen MR) is 97.6 cm³/mol. The molecule has 0 fully saturated rings. The van der Waals surface area contributed by atoms with Gasteiger partial charge in [0.2, 0.25) is 0 Å². The molecule has 0 amide bonds. The van der Waals surface area contributed by atoms with Crippen molar-refractivity contribution in [3.63, 3.8) is 0 Å². The van der Waals surface area contributed by atoms with E-state index in [9.17, 15) is 13.2 Å². The van der Waals surface area contributed by atoms with E-state index in [-0.39, 0.29) is 5.75 Å². The highest BCUT2D eigenvalue weighted by Gasteiger charge is 2.31. The van der Waals surface area contributed by atoms with E-state index >= 15 is 0 Å². The van der Waals surface area contributed by atoms with Gasteiger partial charge in [0, 0.05) is 17.5 Å². The van der Waals surface area contributed by atoms with Crippen LogP contribution in [0.25, 0.3) is 28.1 Å². The number of alkyl halides is 3. The average Bonchev–Trinajstić information content (AvgIpc) is 3.35. The van der Waals surface area contributed by atoms with Crippen molar-refractivity contribution in [2.75, 3.05) is 11.9 Å². The fourth-order valence-corrected chi connectivity index (χ4v) is 3.45. The number of anilines is 1. The number of benzene rings is 2. The molecule has 3 heterocycles. The number of nitrogens with one attached hydrogen (secondary N) is 1. The molecule has 2 aromatic heterocycles. The molecule has 5 rings (SSSR count). The van der Waals surface area contributed by atoms with Crippen LogP contribution in [0.15, 0.2) is 59.0 Å². The molecule has 1 aliphatic heterocycles. The molecule has 142 valence electrons. The van der Waals surface area contributed by atoms with Gasteiger partial charge in [0.15, 0.2) is 5.76 Å². The van der Waals surface area contributed by atoms with Crippen LogP contribution in [-0.2, 0) is 6.42 Å². The average molecular weight is 385 g/mol. The van der Waals surface area contributed by atoms with Crippen molar-refractivity contribution in [1.82, 2.24) is 9.78 Å². The van der Waals surface area contributed by atoms with E-state index in [4.69, 9.17) is 4.42 Å². The summed E-state index contributed by atoms with van der Waals surface area (Å²) in [6, 6.07) is 15.3. The van der Waals surface area contributed by atoms with Crippen molar-refractivity contribution in [3.8, 4) is 22.9 Å². The van der Waals surface area contributed by atoms with Crippen LogP contribution < -0.4 is 10.1 Å². The second-order valence-electron chi connectivity index (χ2n) is 6.45. The maximum Gasteiger partial charge on any atom is 0.573 e. The molecule has 8 heteroatoms.